The molecule has 39 heavy (non-hydrogen) atoms. The van der Waals surface area contributed by atoms with Crippen LogP contribution in [-0.4, -0.2) is 74.4 Å². The largest absolute Gasteiger partial charge is 0.510 e. The van der Waals surface area contributed by atoms with E-state index in [2.05, 4.69) is 0 Å². The Morgan fingerprint density at radius 3 is 2.33 bits per heavy atom. The fourth-order valence-corrected chi connectivity index (χ4v) is 6.36. The van der Waals surface area contributed by atoms with E-state index in [4.69, 9.17) is 11.5 Å². The summed E-state index contributed by atoms with van der Waals surface area (Å²) in [6.07, 6.45) is 0.0985. The van der Waals surface area contributed by atoms with Gasteiger partial charge in [0.2, 0.25) is 11.7 Å². The van der Waals surface area contributed by atoms with Crippen LogP contribution < -0.4 is 11.5 Å². The van der Waals surface area contributed by atoms with Gasteiger partial charge in [-0.1, -0.05) is 18.2 Å². The van der Waals surface area contributed by atoms with Crippen molar-refractivity contribution < 1.29 is 39.6 Å². The van der Waals surface area contributed by atoms with Crippen molar-refractivity contribution in [3.8, 4) is 16.9 Å². The first-order valence-electron chi connectivity index (χ1n) is 12.2. The lowest BCUT2D eigenvalue weighted by Gasteiger charge is -2.50. The summed E-state index contributed by atoms with van der Waals surface area (Å²) in [5, 5.41) is 44.6. The second-order valence-corrected chi connectivity index (χ2v) is 10.4. The van der Waals surface area contributed by atoms with Gasteiger partial charge in [-0.2, -0.15) is 0 Å². The van der Waals surface area contributed by atoms with Gasteiger partial charge in [0, 0.05) is 17.1 Å². The number of aliphatic hydroxyl groups excluding tert-OH is 2. The average molecular weight is 534 g/mol. The first-order chi connectivity index (χ1) is 18.3. The maximum absolute atomic E-state index is 13.8. The Bertz CT molecular complexity index is 1560. The Labute approximate surface area is 222 Å². The lowest BCUT2D eigenvalue weighted by atomic mass is 9.58. The van der Waals surface area contributed by atoms with Gasteiger partial charge in [-0.15, -0.1) is 0 Å². The summed E-state index contributed by atoms with van der Waals surface area (Å²) in [6.45, 7) is 0. The molecule has 0 radical (unpaired) electrons. The van der Waals surface area contributed by atoms with Crippen LogP contribution in [0.1, 0.15) is 32.7 Å². The van der Waals surface area contributed by atoms with E-state index in [1.165, 1.54) is 11.0 Å². The number of rotatable bonds is 4. The van der Waals surface area contributed by atoms with Gasteiger partial charge in [0.05, 0.1) is 11.6 Å². The number of amides is 2. The number of carbonyl (C=O) groups excluding carboxylic acids is 4. The molecule has 5 rings (SSSR count). The normalized spacial score (nSPS) is 26.3. The molecule has 2 aromatic rings. The highest BCUT2D eigenvalue weighted by Gasteiger charge is 2.63. The van der Waals surface area contributed by atoms with E-state index in [0.29, 0.717) is 16.7 Å². The zero-order valence-corrected chi connectivity index (χ0v) is 21.1. The summed E-state index contributed by atoms with van der Waals surface area (Å²) in [5.41, 5.74) is 8.70. The molecule has 0 spiro atoms. The van der Waals surface area contributed by atoms with Crippen LogP contribution in [0.15, 0.2) is 59.1 Å². The molecule has 2 amide bonds. The van der Waals surface area contributed by atoms with Crippen LogP contribution in [-0.2, 0) is 16.0 Å². The van der Waals surface area contributed by atoms with Crippen molar-refractivity contribution in [3.63, 3.8) is 0 Å². The Morgan fingerprint density at radius 2 is 1.72 bits per heavy atom. The number of benzene rings is 2. The van der Waals surface area contributed by atoms with Crippen molar-refractivity contribution >= 4 is 23.4 Å². The molecule has 1 unspecified atom stereocenters. The van der Waals surface area contributed by atoms with Crippen LogP contribution in [0.25, 0.3) is 11.1 Å². The van der Waals surface area contributed by atoms with E-state index in [1.807, 2.05) is 0 Å². The van der Waals surface area contributed by atoms with Gasteiger partial charge in [0.25, 0.3) is 5.91 Å². The van der Waals surface area contributed by atoms with E-state index < -0.39 is 64.0 Å². The minimum atomic E-state index is -2.70. The third kappa shape index (κ3) is 3.57. The quantitative estimate of drug-likeness (QED) is 0.308. The van der Waals surface area contributed by atoms with Gasteiger partial charge < -0.3 is 31.9 Å². The highest BCUT2D eigenvalue weighted by molar-refractivity contribution is 6.25. The van der Waals surface area contributed by atoms with Crippen LogP contribution in [0.3, 0.4) is 0 Å². The van der Waals surface area contributed by atoms with Crippen LogP contribution in [0.2, 0.25) is 0 Å². The summed E-state index contributed by atoms with van der Waals surface area (Å²) < 4.78 is 0. The number of primary amides is 2. The number of allylic oxidation sites excluding steroid dienone is 1. The van der Waals surface area contributed by atoms with Crippen molar-refractivity contribution in [2.45, 2.75) is 24.5 Å². The van der Waals surface area contributed by atoms with Gasteiger partial charge in [0.1, 0.15) is 22.8 Å². The highest BCUT2D eigenvalue weighted by Crippen LogP contribution is 2.53. The number of fused-ring (bicyclic) bond motifs is 3. The molecule has 11 nitrogen and oxygen atoms in total. The van der Waals surface area contributed by atoms with Crippen LogP contribution >= 0.6 is 0 Å². The minimum absolute atomic E-state index is 0.0256. The Morgan fingerprint density at radius 1 is 1.03 bits per heavy atom. The SMILES string of the molecule is CN(C)C1C(O)=C(C(N)=O)C(=O)[C@@]2(O)C(O)=C3C(=O)c4c(O)ccc(-c5cccc(C(N)=O)c5)c4C[C@H]3C[C@@H]12. The zero-order chi connectivity index (χ0) is 28.5. The second-order valence-electron chi connectivity index (χ2n) is 10.4. The Hall–Kier alpha value is -4.48. The Balaban J connectivity index is 1.72. The lowest BCUT2D eigenvalue weighted by molar-refractivity contribution is -0.148. The molecule has 0 fully saturated rings. The topological polar surface area (TPSA) is 204 Å². The van der Waals surface area contributed by atoms with E-state index >= 15 is 0 Å². The number of carbonyl (C=O) groups is 4. The molecule has 202 valence electrons. The second kappa shape index (κ2) is 8.79. The van der Waals surface area contributed by atoms with E-state index in [9.17, 15) is 39.6 Å². The van der Waals surface area contributed by atoms with E-state index in [-0.39, 0.29) is 35.3 Å². The molecule has 4 atom stereocenters. The first kappa shape index (κ1) is 26.1. The predicted octanol–water partition coefficient (Wildman–Crippen LogP) is 0.887. The molecule has 0 saturated heterocycles. The van der Waals surface area contributed by atoms with Crippen LogP contribution in [0.4, 0.5) is 0 Å². The molecule has 2 aromatic carbocycles. The predicted molar refractivity (Wildman–Crippen MR) is 138 cm³/mol. The summed E-state index contributed by atoms with van der Waals surface area (Å²) in [5.74, 6) is -7.76. The fraction of sp³-hybridized carbons (Fsp3) is 0.286. The van der Waals surface area contributed by atoms with Crippen molar-refractivity contribution in [1.82, 2.24) is 4.90 Å². The van der Waals surface area contributed by atoms with Gasteiger partial charge >= 0.3 is 0 Å². The minimum Gasteiger partial charge on any atom is -0.510 e. The lowest BCUT2D eigenvalue weighted by Crippen LogP contribution is -2.63. The molecule has 3 aliphatic rings. The number of hydrogen-bond donors (Lipinski definition) is 6. The maximum Gasteiger partial charge on any atom is 0.255 e. The third-order valence-electron chi connectivity index (χ3n) is 8.06. The smallest absolute Gasteiger partial charge is 0.255 e. The van der Waals surface area contributed by atoms with Crippen LogP contribution in [0, 0.1) is 11.8 Å². The molecule has 0 saturated carbocycles. The van der Waals surface area contributed by atoms with Gasteiger partial charge in [0.15, 0.2) is 11.4 Å². The van der Waals surface area contributed by atoms with Gasteiger partial charge in [-0.05, 0) is 67.7 Å². The van der Waals surface area contributed by atoms with Gasteiger partial charge in [-0.3, -0.25) is 24.1 Å². The number of ketones is 2. The van der Waals surface area contributed by atoms with Gasteiger partial charge in [-0.25, -0.2) is 0 Å². The van der Waals surface area contributed by atoms with E-state index in [0.717, 1.165) is 0 Å². The molecular weight excluding hydrogens is 506 g/mol. The summed E-state index contributed by atoms with van der Waals surface area (Å²) in [7, 11) is 3.13. The fourth-order valence-electron chi connectivity index (χ4n) is 6.36. The molecule has 11 heteroatoms. The molecule has 8 N–H and O–H groups in total. The number of nitrogens with two attached hydrogens (primary N) is 2. The van der Waals surface area contributed by atoms with Crippen molar-refractivity contribution in [2.75, 3.05) is 14.1 Å². The third-order valence-corrected chi connectivity index (χ3v) is 8.06. The number of hydrogen-bond acceptors (Lipinski definition) is 9. The number of likely N-dealkylation sites (N-methyl/N-ethyl adjacent to an activating group) is 1. The summed E-state index contributed by atoms with van der Waals surface area (Å²) in [4.78, 5) is 52.5. The first-order valence-corrected chi connectivity index (χ1v) is 12.2. The van der Waals surface area contributed by atoms with E-state index in [1.54, 1.807) is 44.4 Å². The molecule has 0 aliphatic heterocycles. The number of aromatic hydroxyl groups is 1. The van der Waals surface area contributed by atoms with Crippen LogP contribution in [0.5, 0.6) is 5.75 Å². The average Bonchev–Trinajstić information content (AvgIpc) is 2.86. The maximum atomic E-state index is 13.8. The van der Waals surface area contributed by atoms with Crippen molar-refractivity contribution in [1.29, 1.82) is 0 Å². The number of Topliss-reactive ketones (excluding diaryl/α,β-unsaturated/α-hetero) is 2. The molecule has 0 aromatic heterocycles. The van der Waals surface area contributed by atoms with Crippen molar-refractivity contribution in [3.05, 3.63) is 75.8 Å². The molecule has 0 heterocycles. The number of nitrogens with zero attached hydrogens (tertiary/aromatic N) is 1. The summed E-state index contributed by atoms with van der Waals surface area (Å²) in [6, 6.07) is 8.31. The zero-order valence-electron chi connectivity index (χ0n) is 21.1. The standard InChI is InChI=1S/C28H27N3O8/c1-31(2)21-16-10-13-9-15-14(11-4-3-5-12(8-11)26(29)37)6-7-17(32)19(15)22(33)18(13)24(35)28(16,39)25(36)20(23(21)34)27(30)38/h3-8,13,16,21,32,34-35,39H,9-10H2,1-2H3,(H2,29,37)(H2,30,38)/t13-,16-,21?,28-/m0/s1. The number of aliphatic hydroxyl groups is 3. The molecule has 3 aliphatic carbocycles. The monoisotopic (exact) mass is 533 g/mol. The summed E-state index contributed by atoms with van der Waals surface area (Å²) >= 11 is 0. The number of phenols is 1. The Kier molecular flexibility index (Phi) is 5.89. The molecular formula is C28H27N3O8. The molecule has 0 bridgehead atoms. The number of phenolic OH excluding ortho intramolecular Hbond substituents is 1. The highest BCUT2D eigenvalue weighted by atomic mass is 16.3. The van der Waals surface area contributed by atoms with Crippen molar-refractivity contribution in [2.24, 2.45) is 23.3 Å².